The van der Waals surface area contributed by atoms with E-state index < -0.39 is 0 Å². The van der Waals surface area contributed by atoms with Gasteiger partial charge in [0.1, 0.15) is 0 Å². The van der Waals surface area contributed by atoms with Gasteiger partial charge in [-0.1, -0.05) is 20.8 Å². The lowest BCUT2D eigenvalue weighted by Gasteiger charge is -2.35. The van der Waals surface area contributed by atoms with Gasteiger partial charge in [-0.3, -0.25) is 0 Å². The topological polar surface area (TPSA) is 24.5 Å². The molecule has 0 spiro atoms. The largest absolute Gasteiger partial charge is 0.381 e. The molecule has 2 aliphatic rings. The van der Waals surface area contributed by atoms with Crippen molar-refractivity contribution in [2.45, 2.75) is 52.5 Å². The molecule has 1 aliphatic carbocycles. The lowest BCUT2D eigenvalue weighted by atomic mass is 9.86. The Morgan fingerprint density at radius 2 is 2.16 bits per heavy atom. The first-order valence-corrected chi connectivity index (χ1v) is 8.17. The fraction of sp³-hybridized carbons (Fsp3) is 1.00. The number of nitrogens with one attached hydrogen (secondary N) is 1. The van der Waals surface area contributed by atoms with Gasteiger partial charge in [0.25, 0.3) is 0 Å². The molecule has 0 radical (unpaired) electrons. The van der Waals surface area contributed by atoms with Gasteiger partial charge < -0.3 is 15.0 Å². The van der Waals surface area contributed by atoms with Crippen molar-refractivity contribution in [2.75, 3.05) is 39.4 Å². The highest BCUT2D eigenvalue weighted by atomic mass is 16.5. The summed E-state index contributed by atoms with van der Waals surface area (Å²) in [6.07, 6.45) is 5.39. The molecule has 0 aromatic carbocycles. The molecule has 1 N–H and O–H groups in total. The summed E-state index contributed by atoms with van der Waals surface area (Å²) in [5.41, 5.74) is 0.355. The average Bonchev–Trinajstić information content (AvgIpc) is 3.05. The summed E-state index contributed by atoms with van der Waals surface area (Å²) in [4.78, 5) is 2.70. The van der Waals surface area contributed by atoms with Crippen molar-refractivity contribution in [2.24, 2.45) is 11.3 Å². The highest BCUT2D eigenvalue weighted by molar-refractivity contribution is 4.90. The van der Waals surface area contributed by atoms with Crippen LogP contribution >= 0.6 is 0 Å². The summed E-state index contributed by atoms with van der Waals surface area (Å²) >= 11 is 0. The molecule has 1 aliphatic heterocycles. The van der Waals surface area contributed by atoms with Gasteiger partial charge in [-0.25, -0.2) is 0 Å². The van der Waals surface area contributed by atoms with Crippen molar-refractivity contribution in [3.8, 4) is 0 Å². The predicted octanol–water partition coefficient (Wildman–Crippen LogP) is 2.51. The Balaban J connectivity index is 1.88. The SMILES string of the molecule is CCCN(CC1CC1)CC1(CNC(C)C)CCOC1. The summed E-state index contributed by atoms with van der Waals surface area (Å²) in [7, 11) is 0. The van der Waals surface area contributed by atoms with Crippen LogP contribution in [-0.4, -0.2) is 50.3 Å². The molecule has 1 unspecified atom stereocenters. The van der Waals surface area contributed by atoms with E-state index in [0.717, 1.165) is 25.7 Å². The molecule has 0 amide bonds. The van der Waals surface area contributed by atoms with E-state index in [1.807, 2.05) is 0 Å². The van der Waals surface area contributed by atoms with Crippen LogP contribution in [0.4, 0.5) is 0 Å². The van der Waals surface area contributed by atoms with Crippen molar-refractivity contribution < 1.29 is 4.74 Å². The van der Waals surface area contributed by atoms with Gasteiger partial charge in [0.2, 0.25) is 0 Å². The quantitative estimate of drug-likeness (QED) is 0.695. The second-order valence-corrected chi connectivity index (χ2v) is 7.02. The lowest BCUT2D eigenvalue weighted by Crippen LogP contribution is -2.46. The number of rotatable bonds is 9. The van der Waals surface area contributed by atoms with Gasteiger partial charge in [-0.2, -0.15) is 0 Å². The zero-order valence-electron chi connectivity index (χ0n) is 13.1. The van der Waals surface area contributed by atoms with Gasteiger partial charge in [-0.05, 0) is 38.1 Å². The van der Waals surface area contributed by atoms with E-state index >= 15 is 0 Å². The molecule has 1 saturated heterocycles. The van der Waals surface area contributed by atoms with E-state index in [1.54, 1.807) is 0 Å². The van der Waals surface area contributed by atoms with Crippen LogP contribution in [0.15, 0.2) is 0 Å². The predicted molar refractivity (Wildman–Crippen MR) is 80.5 cm³/mol. The third kappa shape index (κ3) is 5.05. The standard InChI is InChI=1S/C16H32N2O/c1-4-8-18(10-15-5-6-15)12-16(7-9-19-13-16)11-17-14(2)3/h14-15,17H,4-13H2,1-3H3. The van der Waals surface area contributed by atoms with Crippen molar-refractivity contribution in [1.82, 2.24) is 10.2 Å². The molecule has 3 nitrogen and oxygen atoms in total. The Hall–Kier alpha value is -0.120. The van der Waals surface area contributed by atoms with E-state index in [0.29, 0.717) is 11.5 Å². The molecule has 0 aromatic rings. The number of hydrogen-bond acceptors (Lipinski definition) is 3. The molecular weight excluding hydrogens is 236 g/mol. The van der Waals surface area contributed by atoms with Crippen LogP contribution in [0.2, 0.25) is 0 Å². The minimum atomic E-state index is 0.355. The zero-order valence-corrected chi connectivity index (χ0v) is 13.1. The summed E-state index contributed by atoms with van der Waals surface area (Å²) < 4.78 is 5.73. The Kier molecular flexibility index (Phi) is 5.67. The summed E-state index contributed by atoms with van der Waals surface area (Å²) in [6, 6.07) is 0.570. The maximum atomic E-state index is 5.73. The normalized spacial score (nSPS) is 27.6. The summed E-state index contributed by atoms with van der Waals surface area (Å²) in [5, 5.41) is 3.64. The smallest absolute Gasteiger partial charge is 0.0547 e. The molecule has 1 heterocycles. The maximum absolute atomic E-state index is 5.73. The fourth-order valence-electron chi connectivity index (χ4n) is 3.08. The van der Waals surface area contributed by atoms with Crippen LogP contribution in [0.5, 0.6) is 0 Å². The lowest BCUT2D eigenvalue weighted by molar-refractivity contribution is 0.104. The summed E-state index contributed by atoms with van der Waals surface area (Å²) in [6.45, 7) is 13.5. The van der Waals surface area contributed by atoms with Gasteiger partial charge >= 0.3 is 0 Å². The molecule has 3 heteroatoms. The molecule has 0 bridgehead atoms. The third-order valence-electron chi connectivity index (χ3n) is 4.38. The van der Waals surface area contributed by atoms with Gasteiger partial charge in [-0.15, -0.1) is 0 Å². The first-order valence-electron chi connectivity index (χ1n) is 8.17. The van der Waals surface area contributed by atoms with Crippen LogP contribution in [0.25, 0.3) is 0 Å². The minimum Gasteiger partial charge on any atom is -0.381 e. The Morgan fingerprint density at radius 1 is 1.37 bits per heavy atom. The van der Waals surface area contributed by atoms with Crippen molar-refractivity contribution in [3.05, 3.63) is 0 Å². The zero-order chi connectivity index (χ0) is 13.7. The van der Waals surface area contributed by atoms with Crippen LogP contribution < -0.4 is 5.32 Å². The van der Waals surface area contributed by atoms with E-state index in [-0.39, 0.29) is 0 Å². The van der Waals surface area contributed by atoms with Crippen LogP contribution in [0.3, 0.4) is 0 Å². The Morgan fingerprint density at radius 3 is 2.68 bits per heavy atom. The summed E-state index contributed by atoms with van der Waals surface area (Å²) in [5.74, 6) is 0.990. The van der Waals surface area contributed by atoms with Crippen molar-refractivity contribution in [3.63, 3.8) is 0 Å². The molecule has 19 heavy (non-hydrogen) atoms. The third-order valence-corrected chi connectivity index (χ3v) is 4.38. The molecule has 2 rings (SSSR count). The molecular formula is C16H32N2O. The molecule has 1 atom stereocenters. The second-order valence-electron chi connectivity index (χ2n) is 7.02. The van der Waals surface area contributed by atoms with Crippen LogP contribution in [0, 0.1) is 11.3 Å². The number of ether oxygens (including phenoxy) is 1. The molecule has 112 valence electrons. The fourth-order valence-corrected chi connectivity index (χ4v) is 3.08. The van der Waals surface area contributed by atoms with Crippen molar-refractivity contribution >= 4 is 0 Å². The van der Waals surface area contributed by atoms with E-state index in [2.05, 4.69) is 31.0 Å². The highest BCUT2D eigenvalue weighted by Gasteiger charge is 2.37. The van der Waals surface area contributed by atoms with Gasteiger partial charge in [0, 0.05) is 37.7 Å². The Labute approximate surface area is 119 Å². The number of nitrogens with zero attached hydrogens (tertiary/aromatic N) is 1. The molecule has 1 saturated carbocycles. The van der Waals surface area contributed by atoms with Crippen molar-refractivity contribution in [1.29, 1.82) is 0 Å². The van der Waals surface area contributed by atoms with Gasteiger partial charge in [0.15, 0.2) is 0 Å². The average molecular weight is 268 g/mol. The van der Waals surface area contributed by atoms with Gasteiger partial charge in [0.05, 0.1) is 6.61 Å². The number of hydrogen-bond donors (Lipinski definition) is 1. The monoisotopic (exact) mass is 268 g/mol. The Bertz CT molecular complexity index is 257. The van der Waals surface area contributed by atoms with E-state index in [9.17, 15) is 0 Å². The minimum absolute atomic E-state index is 0.355. The van der Waals surface area contributed by atoms with E-state index in [4.69, 9.17) is 4.74 Å². The maximum Gasteiger partial charge on any atom is 0.0547 e. The molecule has 0 aromatic heterocycles. The highest BCUT2D eigenvalue weighted by Crippen LogP contribution is 2.33. The van der Waals surface area contributed by atoms with E-state index in [1.165, 1.54) is 45.3 Å². The first-order chi connectivity index (χ1) is 9.13. The van der Waals surface area contributed by atoms with Crippen LogP contribution in [0.1, 0.15) is 46.5 Å². The second kappa shape index (κ2) is 7.05. The van der Waals surface area contributed by atoms with Crippen LogP contribution in [-0.2, 0) is 4.74 Å². The first kappa shape index (κ1) is 15.3. The molecule has 2 fully saturated rings.